The summed E-state index contributed by atoms with van der Waals surface area (Å²) in [5.41, 5.74) is 1.23. The molecule has 0 aliphatic carbocycles. The Labute approximate surface area is 143 Å². The Hall–Kier alpha value is -3.22. The minimum atomic E-state index is -0.679. The number of fused-ring (bicyclic) bond motifs is 1. The number of hydrogen-bond acceptors (Lipinski definition) is 6. The van der Waals surface area contributed by atoms with E-state index in [2.05, 4.69) is 4.98 Å². The number of pyridine rings is 1. The van der Waals surface area contributed by atoms with Crippen LogP contribution in [0.1, 0.15) is 27.2 Å². The average Bonchev–Trinajstić information content (AvgIpc) is 2.89. The number of hydrogen-bond donors (Lipinski definition) is 1. The first-order valence-electron chi connectivity index (χ1n) is 7.47. The number of nitrogens with one attached hydrogen (secondary N) is 1. The van der Waals surface area contributed by atoms with E-state index in [9.17, 15) is 9.59 Å². The molecular formula is C18H17NO6. The minimum Gasteiger partial charge on any atom is -0.493 e. The number of aromatic nitrogens is 1. The Bertz CT molecular complexity index is 941. The van der Waals surface area contributed by atoms with Gasteiger partial charge in [0.05, 0.1) is 21.3 Å². The molecule has 1 N–H and O–H groups in total. The van der Waals surface area contributed by atoms with Gasteiger partial charge in [-0.25, -0.2) is 4.79 Å². The molecule has 7 heteroatoms. The normalized spacial score (nSPS) is 14.2. The molecule has 0 spiro atoms. The maximum Gasteiger partial charge on any atom is 0.349 e. The fourth-order valence-corrected chi connectivity index (χ4v) is 2.78. The molecule has 2 aromatic rings. The number of benzene rings is 1. The summed E-state index contributed by atoms with van der Waals surface area (Å²) < 4.78 is 21.3. The predicted octanol–water partition coefficient (Wildman–Crippen LogP) is 2.38. The van der Waals surface area contributed by atoms with Crippen LogP contribution in [0.5, 0.6) is 17.2 Å². The van der Waals surface area contributed by atoms with Gasteiger partial charge in [0.2, 0.25) is 5.75 Å². The van der Waals surface area contributed by atoms with Crippen molar-refractivity contribution in [1.29, 1.82) is 0 Å². The van der Waals surface area contributed by atoms with Crippen LogP contribution in [-0.2, 0) is 4.74 Å². The second-order valence-corrected chi connectivity index (χ2v) is 5.39. The second-order valence-electron chi connectivity index (χ2n) is 5.39. The average molecular weight is 343 g/mol. The molecular weight excluding hydrogens is 326 g/mol. The van der Waals surface area contributed by atoms with Gasteiger partial charge >= 0.3 is 5.97 Å². The highest BCUT2D eigenvalue weighted by Crippen LogP contribution is 2.41. The molecule has 0 unspecified atom stereocenters. The van der Waals surface area contributed by atoms with Crippen molar-refractivity contribution in [3.63, 3.8) is 0 Å². The van der Waals surface area contributed by atoms with Crippen molar-refractivity contribution < 1.29 is 23.7 Å². The third kappa shape index (κ3) is 2.73. The Balaban J connectivity index is 2.19. The lowest BCUT2D eigenvalue weighted by molar-refractivity contribution is 0.0715. The van der Waals surface area contributed by atoms with Crippen LogP contribution in [0.2, 0.25) is 0 Å². The molecule has 0 saturated heterocycles. The van der Waals surface area contributed by atoms with E-state index in [1.165, 1.54) is 21.3 Å². The van der Waals surface area contributed by atoms with Crippen molar-refractivity contribution in [3.05, 3.63) is 50.9 Å². The summed E-state index contributed by atoms with van der Waals surface area (Å²) in [4.78, 5) is 26.6. The molecule has 0 fully saturated rings. The van der Waals surface area contributed by atoms with E-state index >= 15 is 0 Å². The van der Waals surface area contributed by atoms with Crippen LogP contribution < -0.4 is 19.8 Å². The van der Waals surface area contributed by atoms with Gasteiger partial charge in [-0.3, -0.25) is 4.79 Å². The Kier molecular flexibility index (Phi) is 4.22. The summed E-state index contributed by atoms with van der Waals surface area (Å²) in [7, 11) is 4.54. The topological polar surface area (TPSA) is 86.9 Å². The summed E-state index contributed by atoms with van der Waals surface area (Å²) in [5, 5.41) is 0. The van der Waals surface area contributed by atoms with Crippen LogP contribution in [0.4, 0.5) is 0 Å². The molecule has 0 radical (unpaired) electrons. The maximum atomic E-state index is 12.0. The van der Waals surface area contributed by atoms with E-state index in [1.54, 1.807) is 31.2 Å². The van der Waals surface area contributed by atoms with E-state index in [0.717, 1.165) is 0 Å². The number of H-pyrrole nitrogens is 1. The highest BCUT2D eigenvalue weighted by atomic mass is 16.5. The SMILES string of the molecule is COc1ccc(C=C2OC(=O)c3c2cc(C)[nH]c3=O)c(OC)c1OC. The first-order valence-corrected chi connectivity index (χ1v) is 7.47. The van der Waals surface area contributed by atoms with Crippen molar-refractivity contribution in [3.8, 4) is 17.2 Å². The van der Waals surface area contributed by atoms with Gasteiger partial charge in [-0.05, 0) is 31.2 Å². The van der Waals surface area contributed by atoms with Gasteiger partial charge in [-0.2, -0.15) is 0 Å². The first-order chi connectivity index (χ1) is 12.0. The molecule has 1 aliphatic rings. The van der Waals surface area contributed by atoms with Gasteiger partial charge in [-0.15, -0.1) is 0 Å². The molecule has 0 atom stereocenters. The molecule has 3 rings (SSSR count). The molecule has 0 amide bonds. The van der Waals surface area contributed by atoms with Crippen LogP contribution in [0.3, 0.4) is 0 Å². The first kappa shape index (κ1) is 16.6. The smallest absolute Gasteiger partial charge is 0.349 e. The monoisotopic (exact) mass is 343 g/mol. The summed E-state index contributed by atoms with van der Waals surface area (Å²) >= 11 is 0. The number of aryl methyl sites for hydroxylation is 1. The third-order valence-electron chi connectivity index (χ3n) is 3.86. The Morgan fingerprint density at radius 1 is 1.04 bits per heavy atom. The zero-order valence-electron chi connectivity index (χ0n) is 14.3. The van der Waals surface area contributed by atoms with Crippen LogP contribution in [0, 0.1) is 6.92 Å². The highest BCUT2D eigenvalue weighted by molar-refractivity contribution is 6.05. The molecule has 25 heavy (non-hydrogen) atoms. The van der Waals surface area contributed by atoms with E-state index < -0.39 is 11.5 Å². The molecule has 2 heterocycles. The molecule has 130 valence electrons. The van der Waals surface area contributed by atoms with Crippen LogP contribution in [0.25, 0.3) is 11.8 Å². The molecule has 0 saturated carbocycles. The van der Waals surface area contributed by atoms with Gasteiger partial charge in [0.15, 0.2) is 11.5 Å². The number of cyclic esters (lactones) is 1. The van der Waals surface area contributed by atoms with E-state index in [4.69, 9.17) is 18.9 Å². The number of carbonyl (C=O) groups is 1. The molecule has 1 aromatic carbocycles. The van der Waals surface area contributed by atoms with E-state index in [0.29, 0.717) is 34.1 Å². The molecule has 1 aromatic heterocycles. The van der Waals surface area contributed by atoms with E-state index in [-0.39, 0.29) is 11.3 Å². The van der Waals surface area contributed by atoms with Crippen LogP contribution >= 0.6 is 0 Å². The van der Waals surface area contributed by atoms with Gasteiger partial charge < -0.3 is 23.9 Å². The van der Waals surface area contributed by atoms with Gasteiger partial charge in [0.25, 0.3) is 5.56 Å². The fourth-order valence-electron chi connectivity index (χ4n) is 2.78. The zero-order valence-corrected chi connectivity index (χ0v) is 14.3. The summed E-state index contributed by atoms with van der Waals surface area (Å²) in [6, 6.07) is 5.16. The lowest BCUT2D eigenvalue weighted by atomic mass is 10.1. The summed E-state index contributed by atoms with van der Waals surface area (Å²) in [5.74, 6) is 0.964. The Morgan fingerprint density at radius 3 is 2.40 bits per heavy atom. The number of rotatable bonds is 4. The zero-order chi connectivity index (χ0) is 18.1. The largest absolute Gasteiger partial charge is 0.493 e. The minimum absolute atomic E-state index is 0.00343. The van der Waals surface area contributed by atoms with Crippen molar-refractivity contribution in [2.75, 3.05) is 21.3 Å². The maximum absolute atomic E-state index is 12.0. The summed E-state index contributed by atoms with van der Waals surface area (Å²) in [6.45, 7) is 1.74. The number of carbonyl (C=O) groups excluding carboxylic acids is 1. The van der Waals surface area contributed by atoms with Crippen molar-refractivity contribution in [2.24, 2.45) is 0 Å². The number of methoxy groups -OCH3 is 3. The fraction of sp³-hybridized carbons (Fsp3) is 0.222. The molecule has 1 aliphatic heterocycles. The lowest BCUT2D eigenvalue weighted by Crippen LogP contribution is -2.16. The summed E-state index contributed by atoms with van der Waals surface area (Å²) in [6.07, 6.45) is 1.63. The third-order valence-corrected chi connectivity index (χ3v) is 3.86. The molecule has 7 nitrogen and oxygen atoms in total. The Morgan fingerprint density at radius 2 is 1.76 bits per heavy atom. The quantitative estimate of drug-likeness (QED) is 0.858. The molecule has 0 bridgehead atoms. The standard InChI is InChI=1S/C18H17NO6/c1-9-7-11-13(25-18(21)14(11)17(20)19-9)8-10-5-6-12(22-2)16(24-4)15(10)23-3/h5-8H,1-4H3,(H,19,20). The van der Waals surface area contributed by atoms with Gasteiger partial charge in [0, 0.05) is 16.8 Å². The van der Waals surface area contributed by atoms with Crippen LogP contribution in [0.15, 0.2) is 23.0 Å². The van der Waals surface area contributed by atoms with Crippen molar-refractivity contribution >= 4 is 17.8 Å². The lowest BCUT2D eigenvalue weighted by Gasteiger charge is -2.14. The second kappa shape index (κ2) is 6.35. The number of aromatic amines is 1. The highest BCUT2D eigenvalue weighted by Gasteiger charge is 2.30. The number of esters is 1. The van der Waals surface area contributed by atoms with E-state index in [1.807, 2.05) is 0 Å². The van der Waals surface area contributed by atoms with Gasteiger partial charge in [-0.1, -0.05) is 0 Å². The van der Waals surface area contributed by atoms with Crippen molar-refractivity contribution in [2.45, 2.75) is 6.92 Å². The number of ether oxygens (including phenoxy) is 4. The predicted molar refractivity (Wildman–Crippen MR) is 91.2 cm³/mol. The van der Waals surface area contributed by atoms with Gasteiger partial charge in [0.1, 0.15) is 11.3 Å². The van der Waals surface area contributed by atoms with Crippen LogP contribution in [-0.4, -0.2) is 32.3 Å². The van der Waals surface area contributed by atoms with Crippen molar-refractivity contribution in [1.82, 2.24) is 4.98 Å².